The zero-order valence-corrected chi connectivity index (χ0v) is 13.4. The van der Waals surface area contributed by atoms with Crippen molar-refractivity contribution in [3.8, 4) is 0 Å². The van der Waals surface area contributed by atoms with E-state index in [0.717, 1.165) is 16.5 Å². The molecule has 0 saturated carbocycles. The number of fused-ring (bicyclic) bond motifs is 1. The van der Waals surface area contributed by atoms with Crippen molar-refractivity contribution in [2.24, 2.45) is 0 Å². The molecule has 0 N–H and O–H groups in total. The molecule has 2 saturated heterocycles. The number of hydrogen-bond donors (Lipinski definition) is 0. The van der Waals surface area contributed by atoms with Gasteiger partial charge in [-0.1, -0.05) is 28.1 Å². The summed E-state index contributed by atoms with van der Waals surface area (Å²) < 4.78 is 5.84. The quantitative estimate of drug-likeness (QED) is 0.764. The summed E-state index contributed by atoms with van der Waals surface area (Å²) in [7, 11) is 1.37. The van der Waals surface area contributed by atoms with E-state index in [1.54, 1.807) is 16.7 Å². The van der Waals surface area contributed by atoms with E-state index in [4.69, 9.17) is 4.74 Å². The molecule has 2 heterocycles. The lowest BCUT2D eigenvalue weighted by Crippen LogP contribution is -2.46. The number of hydrogen-bond acceptors (Lipinski definition) is 4. The van der Waals surface area contributed by atoms with Crippen molar-refractivity contribution in [1.29, 1.82) is 0 Å². The van der Waals surface area contributed by atoms with E-state index >= 15 is 0 Å². The van der Waals surface area contributed by atoms with Gasteiger partial charge in [-0.15, -0.1) is 11.8 Å². The van der Waals surface area contributed by atoms with Crippen molar-refractivity contribution in [3.63, 3.8) is 0 Å². The minimum absolute atomic E-state index is 0.0355. The first-order chi connectivity index (χ1) is 9.58. The van der Waals surface area contributed by atoms with Crippen LogP contribution in [0.1, 0.15) is 18.4 Å². The molecule has 1 aromatic carbocycles. The summed E-state index contributed by atoms with van der Waals surface area (Å²) in [6, 6.07) is 7.50. The summed E-state index contributed by atoms with van der Waals surface area (Å²) in [4.78, 5) is 25.4. The number of carbonyl (C=O) groups excluding carboxylic acids is 2. The predicted molar refractivity (Wildman–Crippen MR) is 80.2 cm³/mol. The number of amides is 1. The van der Waals surface area contributed by atoms with Crippen molar-refractivity contribution in [3.05, 3.63) is 34.3 Å². The zero-order chi connectivity index (χ0) is 14.3. The van der Waals surface area contributed by atoms with Gasteiger partial charge in [-0.3, -0.25) is 4.79 Å². The predicted octanol–water partition coefficient (Wildman–Crippen LogP) is 2.51. The van der Waals surface area contributed by atoms with E-state index < -0.39 is 10.9 Å². The molecule has 2 aliphatic heterocycles. The molecule has 2 fully saturated rings. The summed E-state index contributed by atoms with van der Waals surface area (Å²) in [5.41, 5.74) is 1.07. The second kappa shape index (κ2) is 5.07. The third-order valence-electron chi connectivity index (χ3n) is 3.90. The fourth-order valence-corrected chi connectivity index (χ4v) is 4.86. The monoisotopic (exact) mass is 355 g/mol. The molecule has 0 aliphatic carbocycles. The summed E-state index contributed by atoms with van der Waals surface area (Å²) in [5.74, 6) is 0.300. The number of rotatable bonds is 2. The molecule has 0 spiro atoms. The number of ether oxygens (including phenoxy) is 1. The third-order valence-corrected chi connectivity index (χ3v) is 6.02. The fourth-order valence-electron chi connectivity index (χ4n) is 2.96. The highest BCUT2D eigenvalue weighted by molar-refractivity contribution is 9.10. The van der Waals surface area contributed by atoms with Gasteiger partial charge in [0.1, 0.15) is 10.9 Å². The molecule has 1 aromatic rings. The van der Waals surface area contributed by atoms with E-state index in [9.17, 15) is 9.59 Å². The average Bonchev–Trinajstić information content (AvgIpc) is 2.99. The molecule has 3 rings (SSSR count). The van der Waals surface area contributed by atoms with Crippen LogP contribution in [0.5, 0.6) is 0 Å². The highest BCUT2D eigenvalue weighted by atomic mass is 79.9. The zero-order valence-electron chi connectivity index (χ0n) is 11.0. The standard InChI is InChI=1S/C14H14BrNO3S/c1-19-13(18)11-8-20-14(7-6-12(17)16(11)14)9-2-4-10(15)5-3-9/h2-5,11H,6-8H2,1H3/t11-,14+/m1/s1. The van der Waals surface area contributed by atoms with Crippen LogP contribution in [0.15, 0.2) is 28.7 Å². The van der Waals surface area contributed by atoms with Crippen LogP contribution in [0.25, 0.3) is 0 Å². The van der Waals surface area contributed by atoms with Crippen molar-refractivity contribution in [1.82, 2.24) is 4.90 Å². The first kappa shape index (κ1) is 13.9. The largest absolute Gasteiger partial charge is 0.467 e. The maximum atomic E-state index is 12.2. The van der Waals surface area contributed by atoms with Gasteiger partial charge in [0.25, 0.3) is 0 Å². The lowest BCUT2D eigenvalue weighted by atomic mass is 10.0. The minimum atomic E-state index is -0.469. The first-order valence-corrected chi connectivity index (χ1v) is 8.16. The Morgan fingerprint density at radius 1 is 1.45 bits per heavy atom. The number of nitrogens with zero attached hydrogens (tertiary/aromatic N) is 1. The summed E-state index contributed by atoms with van der Waals surface area (Å²) >= 11 is 5.08. The van der Waals surface area contributed by atoms with Crippen LogP contribution < -0.4 is 0 Å². The van der Waals surface area contributed by atoms with Crippen LogP contribution in [0.4, 0.5) is 0 Å². The number of carbonyl (C=O) groups is 2. The number of esters is 1. The van der Waals surface area contributed by atoms with Gasteiger partial charge in [-0.25, -0.2) is 4.79 Å². The molecule has 0 bridgehead atoms. The second-order valence-electron chi connectivity index (χ2n) is 4.90. The normalized spacial score (nSPS) is 28.6. The van der Waals surface area contributed by atoms with Crippen molar-refractivity contribution in [2.45, 2.75) is 23.8 Å². The van der Waals surface area contributed by atoms with E-state index in [1.807, 2.05) is 24.3 Å². The van der Waals surface area contributed by atoms with Crippen molar-refractivity contribution < 1.29 is 14.3 Å². The Kier molecular flexibility index (Phi) is 3.54. The highest BCUT2D eigenvalue weighted by Gasteiger charge is 2.57. The van der Waals surface area contributed by atoms with Crippen LogP contribution in [0, 0.1) is 0 Å². The fraction of sp³-hybridized carbons (Fsp3) is 0.429. The summed E-state index contributed by atoms with van der Waals surface area (Å²) in [6.07, 6.45) is 1.22. The molecule has 0 unspecified atom stereocenters. The van der Waals surface area contributed by atoms with Crippen LogP contribution in [0.2, 0.25) is 0 Å². The summed E-state index contributed by atoms with van der Waals surface area (Å²) in [6.45, 7) is 0. The van der Waals surface area contributed by atoms with Gasteiger partial charge in [0, 0.05) is 16.6 Å². The number of halogens is 1. The van der Waals surface area contributed by atoms with E-state index in [1.165, 1.54) is 7.11 Å². The van der Waals surface area contributed by atoms with E-state index in [0.29, 0.717) is 12.2 Å². The topological polar surface area (TPSA) is 46.6 Å². The van der Waals surface area contributed by atoms with Crippen LogP contribution in [-0.4, -0.2) is 35.7 Å². The molecular weight excluding hydrogens is 342 g/mol. The van der Waals surface area contributed by atoms with Gasteiger partial charge in [-0.05, 0) is 24.1 Å². The Morgan fingerprint density at radius 2 is 2.15 bits per heavy atom. The highest BCUT2D eigenvalue weighted by Crippen LogP contribution is 2.54. The average molecular weight is 356 g/mol. The Hall–Kier alpha value is -1.01. The van der Waals surface area contributed by atoms with E-state index in [2.05, 4.69) is 15.9 Å². The number of thioether (sulfide) groups is 1. The molecule has 2 atom stereocenters. The molecule has 1 amide bonds. The molecule has 6 heteroatoms. The summed E-state index contributed by atoms with van der Waals surface area (Å²) in [5, 5.41) is 0. The van der Waals surface area contributed by atoms with Crippen LogP contribution in [-0.2, 0) is 19.2 Å². The third kappa shape index (κ3) is 1.97. The van der Waals surface area contributed by atoms with E-state index in [-0.39, 0.29) is 11.9 Å². The molecule has 0 aromatic heterocycles. The molecule has 4 nitrogen and oxygen atoms in total. The SMILES string of the molecule is COC(=O)[C@H]1CS[C@]2(c3ccc(Br)cc3)CCC(=O)N12. The van der Waals surface area contributed by atoms with Gasteiger partial charge in [-0.2, -0.15) is 0 Å². The molecular formula is C14H14BrNO3S. The van der Waals surface area contributed by atoms with Crippen LogP contribution in [0.3, 0.4) is 0 Å². The van der Waals surface area contributed by atoms with Gasteiger partial charge >= 0.3 is 5.97 Å². The van der Waals surface area contributed by atoms with Gasteiger partial charge in [0.05, 0.1) is 7.11 Å². The van der Waals surface area contributed by atoms with Crippen molar-refractivity contribution >= 4 is 39.6 Å². The van der Waals surface area contributed by atoms with Gasteiger partial charge in [0.15, 0.2) is 0 Å². The Morgan fingerprint density at radius 3 is 2.80 bits per heavy atom. The van der Waals surface area contributed by atoms with Gasteiger partial charge in [0.2, 0.25) is 5.91 Å². The molecule has 106 valence electrons. The van der Waals surface area contributed by atoms with Crippen LogP contribution >= 0.6 is 27.7 Å². The number of methoxy groups -OCH3 is 1. The first-order valence-electron chi connectivity index (χ1n) is 6.38. The maximum absolute atomic E-state index is 12.2. The minimum Gasteiger partial charge on any atom is -0.467 e. The Labute approximate surface area is 130 Å². The lowest BCUT2D eigenvalue weighted by Gasteiger charge is -2.33. The Balaban J connectivity index is 2.02. The smallest absolute Gasteiger partial charge is 0.329 e. The van der Waals surface area contributed by atoms with Gasteiger partial charge < -0.3 is 9.64 Å². The Bertz CT molecular complexity index is 562. The lowest BCUT2D eigenvalue weighted by molar-refractivity contribution is -0.151. The van der Waals surface area contributed by atoms with Crippen molar-refractivity contribution in [2.75, 3.05) is 12.9 Å². The number of benzene rings is 1. The second-order valence-corrected chi connectivity index (χ2v) is 7.12. The maximum Gasteiger partial charge on any atom is 0.329 e. The molecule has 20 heavy (non-hydrogen) atoms. The molecule has 0 radical (unpaired) electrons. The molecule has 2 aliphatic rings.